The van der Waals surface area contributed by atoms with Crippen LogP contribution in [0, 0.1) is 0 Å². The molecule has 3 aromatic rings. The molecule has 0 bridgehead atoms. The molecule has 0 spiro atoms. The molecule has 9 heteroatoms. The molecule has 1 heterocycles. The van der Waals surface area contributed by atoms with Crippen molar-refractivity contribution in [2.45, 2.75) is 11.4 Å². The lowest BCUT2D eigenvalue weighted by molar-refractivity contribution is -0.116. The zero-order valence-corrected chi connectivity index (χ0v) is 16.7. The van der Waals surface area contributed by atoms with Gasteiger partial charge in [-0.1, -0.05) is 41.9 Å². The lowest BCUT2D eigenvalue weighted by atomic mass is 10.2. The van der Waals surface area contributed by atoms with E-state index in [4.69, 9.17) is 11.6 Å². The van der Waals surface area contributed by atoms with Gasteiger partial charge in [-0.15, -0.1) is 0 Å². The van der Waals surface area contributed by atoms with E-state index in [1.54, 1.807) is 16.9 Å². The summed E-state index contributed by atoms with van der Waals surface area (Å²) in [5.41, 5.74) is 1.03. The molecule has 1 N–H and O–H groups in total. The number of halogens is 1. The minimum atomic E-state index is -3.80. The van der Waals surface area contributed by atoms with Gasteiger partial charge in [0.05, 0.1) is 24.2 Å². The molecule has 3 rings (SSSR count). The molecule has 28 heavy (non-hydrogen) atoms. The maximum atomic E-state index is 12.6. The Labute approximate surface area is 168 Å². The van der Waals surface area contributed by atoms with Gasteiger partial charge in [-0.2, -0.15) is 9.40 Å². The summed E-state index contributed by atoms with van der Waals surface area (Å²) >= 11 is 5.80. The first kappa shape index (κ1) is 20.1. The van der Waals surface area contributed by atoms with Gasteiger partial charge in [0, 0.05) is 18.1 Å². The zero-order chi connectivity index (χ0) is 20.1. The van der Waals surface area contributed by atoms with Gasteiger partial charge in [-0.25, -0.2) is 13.1 Å². The quantitative estimate of drug-likeness (QED) is 0.639. The predicted molar refractivity (Wildman–Crippen MR) is 108 cm³/mol. The third kappa shape index (κ3) is 4.78. The maximum absolute atomic E-state index is 12.6. The molecule has 0 saturated carbocycles. The van der Waals surface area contributed by atoms with Crippen LogP contribution in [0.4, 0.5) is 5.82 Å². The number of nitrogens with zero attached hydrogens (tertiary/aromatic N) is 3. The van der Waals surface area contributed by atoms with Crippen molar-refractivity contribution >= 4 is 33.3 Å². The Morgan fingerprint density at radius 2 is 1.79 bits per heavy atom. The Bertz CT molecular complexity index is 1050. The Hall–Kier alpha value is -2.68. The fourth-order valence-electron chi connectivity index (χ4n) is 2.58. The molecule has 0 aliphatic rings. The van der Waals surface area contributed by atoms with E-state index in [2.05, 4.69) is 10.4 Å². The highest BCUT2D eigenvalue weighted by Gasteiger charge is 2.23. The van der Waals surface area contributed by atoms with Gasteiger partial charge in [0.25, 0.3) is 0 Å². The van der Waals surface area contributed by atoms with E-state index in [1.165, 1.54) is 31.3 Å². The van der Waals surface area contributed by atoms with E-state index < -0.39 is 15.9 Å². The van der Waals surface area contributed by atoms with E-state index in [1.807, 2.05) is 30.3 Å². The van der Waals surface area contributed by atoms with Crippen LogP contribution >= 0.6 is 11.6 Å². The predicted octanol–water partition coefficient (Wildman–Crippen LogP) is 2.84. The summed E-state index contributed by atoms with van der Waals surface area (Å²) < 4.78 is 27.8. The molecule has 0 aliphatic carbocycles. The van der Waals surface area contributed by atoms with Gasteiger partial charge in [-0.3, -0.25) is 4.79 Å². The normalized spacial score (nSPS) is 11.5. The van der Waals surface area contributed by atoms with Crippen molar-refractivity contribution in [3.05, 3.63) is 77.4 Å². The van der Waals surface area contributed by atoms with Crippen LogP contribution in [0.3, 0.4) is 0 Å². The molecular formula is C19H19ClN4O3S. The van der Waals surface area contributed by atoms with Gasteiger partial charge < -0.3 is 5.32 Å². The molecule has 0 aliphatic heterocycles. The molecule has 0 fully saturated rings. The molecule has 0 saturated heterocycles. The summed E-state index contributed by atoms with van der Waals surface area (Å²) in [6.45, 7) is 0.157. The second-order valence-corrected chi connectivity index (χ2v) is 8.60. The number of carbonyl (C=O) groups excluding carboxylic acids is 1. The largest absolute Gasteiger partial charge is 0.310 e. The number of likely N-dealkylation sites (N-methyl/N-ethyl adjacent to an activating group) is 1. The van der Waals surface area contributed by atoms with Crippen LogP contribution in [0.25, 0.3) is 0 Å². The van der Waals surface area contributed by atoms with E-state index in [0.717, 1.165) is 9.87 Å². The average molecular weight is 419 g/mol. The van der Waals surface area contributed by atoms with Crippen LogP contribution < -0.4 is 5.32 Å². The van der Waals surface area contributed by atoms with Gasteiger partial charge in [0.2, 0.25) is 15.9 Å². The lowest BCUT2D eigenvalue weighted by Crippen LogP contribution is -2.35. The number of carbonyl (C=O) groups is 1. The zero-order valence-electron chi connectivity index (χ0n) is 15.1. The summed E-state index contributed by atoms with van der Waals surface area (Å²) in [5.74, 6) is 0.0287. The SMILES string of the molecule is CN(CC(=O)Nc1ccnn1Cc1ccccc1)S(=O)(=O)c1ccc(Cl)cc1. The van der Waals surface area contributed by atoms with Crippen LogP contribution in [0.1, 0.15) is 5.56 Å². The number of rotatable bonds is 7. The Morgan fingerprint density at radius 3 is 2.46 bits per heavy atom. The summed E-state index contributed by atoms with van der Waals surface area (Å²) in [6, 6.07) is 17.1. The Balaban J connectivity index is 1.66. The number of anilines is 1. The fourth-order valence-corrected chi connectivity index (χ4v) is 3.83. The van der Waals surface area contributed by atoms with Gasteiger partial charge in [0.15, 0.2) is 0 Å². The molecule has 146 valence electrons. The number of nitrogens with one attached hydrogen (secondary N) is 1. The summed E-state index contributed by atoms with van der Waals surface area (Å²) in [5, 5.41) is 7.35. The monoisotopic (exact) mass is 418 g/mol. The molecule has 0 radical (unpaired) electrons. The molecular weight excluding hydrogens is 400 g/mol. The topological polar surface area (TPSA) is 84.3 Å². The van der Waals surface area contributed by atoms with Crippen LogP contribution in [-0.2, 0) is 21.4 Å². The summed E-state index contributed by atoms with van der Waals surface area (Å²) in [7, 11) is -2.44. The average Bonchev–Trinajstić information content (AvgIpc) is 3.09. The van der Waals surface area contributed by atoms with Gasteiger partial charge in [0.1, 0.15) is 5.82 Å². The van der Waals surface area contributed by atoms with Crippen LogP contribution in [-0.4, -0.2) is 42.0 Å². The third-order valence-corrected chi connectivity index (χ3v) is 6.12. The van der Waals surface area contributed by atoms with Crippen LogP contribution in [0.2, 0.25) is 5.02 Å². The first-order valence-corrected chi connectivity index (χ1v) is 10.3. The number of amides is 1. The fraction of sp³-hybridized carbons (Fsp3) is 0.158. The highest BCUT2D eigenvalue weighted by atomic mass is 35.5. The van der Waals surface area contributed by atoms with Crippen molar-refractivity contribution in [2.24, 2.45) is 0 Å². The van der Waals surface area contributed by atoms with Crippen LogP contribution in [0.15, 0.2) is 71.8 Å². The minimum Gasteiger partial charge on any atom is -0.310 e. The van der Waals surface area contributed by atoms with Gasteiger partial charge in [-0.05, 0) is 29.8 Å². The first-order chi connectivity index (χ1) is 13.4. The number of benzene rings is 2. The van der Waals surface area contributed by atoms with Crippen molar-refractivity contribution < 1.29 is 13.2 Å². The maximum Gasteiger partial charge on any atom is 0.243 e. The van der Waals surface area contributed by atoms with E-state index >= 15 is 0 Å². The van der Waals surface area contributed by atoms with Crippen molar-refractivity contribution in [1.82, 2.24) is 14.1 Å². The summed E-state index contributed by atoms with van der Waals surface area (Å²) in [4.78, 5) is 12.4. The van der Waals surface area contributed by atoms with Crippen molar-refractivity contribution in [1.29, 1.82) is 0 Å². The molecule has 1 amide bonds. The van der Waals surface area contributed by atoms with Crippen molar-refractivity contribution in [3.63, 3.8) is 0 Å². The van der Waals surface area contributed by atoms with E-state index in [-0.39, 0.29) is 11.4 Å². The minimum absolute atomic E-state index is 0.0707. The van der Waals surface area contributed by atoms with Crippen molar-refractivity contribution in [3.8, 4) is 0 Å². The molecule has 1 aromatic heterocycles. The number of sulfonamides is 1. The summed E-state index contributed by atoms with van der Waals surface area (Å²) in [6.07, 6.45) is 1.58. The standard InChI is InChI=1S/C19H19ClN4O3S/c1-23(28(26,27)17-9-7-16(20)8-10-17)14-19(25)22-18-11-12-21-24(18)13-15-5-3-2-4-6-15/h2-12H,13-14H2,1H3,(H,22,25). The highest BCUT2D eigenvalue weighted by Crippen LogP contribution is 2.17. The molecule has 2 aromatic carbocycles. The number of hydrogen-bond acceptors (Lipinski definition) is 4. The third-order valence-electron chi connectivity index (χ3n) is 4.05. The first-order valence-electron chi connectivity index (χ1n) is 8.44. The van der Waals surface area contributed by atoms with E-state index in [0.29, 0.717) is 17.4 Å². The van der Waals surface area contributed by atoms with Crippen LogP contribution in [0.5, 0.6) is 0 Å². The Kier molecular flexibility index (Phi) is 6.13. The number of hydrogen-bond donors (Lipinski definition) is 1. The lowest BCUT2D eigenvalue weighted by Gasteiger charge is -2.17. The highest BCUT2D eigenvalue weighted by molar-refractivity contribution is 7.89. The van der Waals surface area contributed by atoms with Crippen molar-refractivity contribution in [2.75, 3.05) is 18.9 Å². The number of aromatic nitrogens is 2. The second-order valence-electron chi connectivity index (χ2n) is 6.12. The molecule has 7 nitrogen and oxygen atoms in total. The molecule has 0 unspecified atom stereocenters. The van der Waals surface area contributed by atoms with Gasteiger partial charge >= 0.3 is 0 Å². The second kappa shape index (κ2) is 8.55. The molecule has 0 atom stereocenters. The van der Waals surface area contributed by atoms with E-state index in [9.17, 15) is 13.2 Å². The smallest absolute Gasteiger partial charge is 0.243 e. The Morgan fingerprint density at radius 1 is 1.11 bits per heavy atom.